The molecule has 1 aromatic heterocycles. The molecule has 1 atom stereocenters. The maximum Gasteiger partial charge on any atom is 0.227 e. The van der Waals surface area contributed by atoms with E-state index >= 15 is 0 Å². The number of aromatic nitrogens is 1. The van der Waals surface area contributed by atoms with Crippen molar-refractivity contribution in [2.24, 2.45) is 0 Å². The van der Waals surface area contributed by atoms with E-state index in [4.69, 9.17) is 0 Å². The highest BCUT2D eigenvalue weighted by atomic mass is 16.3. The van der Waals surface area contributed by atoms with Gasteiger partial charge in [-0.2, -0.15) is 0 Å². The second-order valence-corrected chi connectivity index (χ2v) is 4.17. The van der Waals surface area contributed by atoms with Crippen LogP contribution in [0.25, 0.3) is 0 Å². The number of carbonyl (C=O) groups excluding carboxylic acids is 1. The molecule has 1 aliphatic rings. The standard InChI is InChI=1S/C12H16N2O2/c15-11-2-1-7-14(9-11)12(16)8-10-3-5-13-6-4-10/h3-6,11,15H,1-2,7-9H2/t11-/m0/s1. The molecule has 0 unspecified atom stereocenters. The monoisotopic (exact) mass is 220 g/mol. The van der Waals surface area contributed by atoms with Crippen molar-refractivity contribution in [1.29, 1.82) is 0 Å². The van der Waals surface area contributed by atoms with Gasteiger partial charge in [0.15, 0.2) is 0 Å². The van der Waals surface area contributed by atoms with E-state index in [9.17, 15) is 9.90 Å². The lowest BCUT2D eigenvalue weighted by atomic mass is 10.1. The Kier molecular flexibility index (Phi) is 3.51. The average molecular weight is 220 g/mol. The van der Waals surface area contributed by atoms with Crippen LogP contribution in [-0.4, -0.2) is 40.1 Å². The van der Waals surface area contributed by atoms with Gasteiger partial charge in [-0.15, -0.1) is 0 Å². The van der Waals surface area contributed by atoms with Crippen molar-refractivity contribution in [3.63, 3.8) is 0 Å². The fourth-order valence-corrected chi connectivity index (χ4v) is 1.97. The number of β-amino-alcohol motifs (C(OH)–C–C–N with tert-alkyl or cyclic N) is 1. The Bertz CT molecular complexity index is 353. The van der Waals surface area contributed by atoms with E-state index in [1.807, 2.05) is 12.1 Å². The van der Waals surface area contributed by atoms with Crippen LogP contribution in [-0.2, 0) is 11.2 Å². The SMILES string of the molecule is O=C(Cc1ccncc1)N1CCC[C@H](O)C1. The molecule has 0 aliphatic carbocycles. The molecular weight excluding hydrogens is 204 g/mol. The predicted molar refractivity (Wildman–Crippen MR) is 59.8 cm³/mol. The second-order valence-electron chi connectivity index (χ2n) is 4.17. The van der Waals surface area contributed by atoms with E-state index in [0.29, 0.717) is 13.0 Å². The first-order chi connectivity index (χ1) is 7.75. The van der Waals surface area contributed by atoms with E-state index < -0.39 is 0 Å². The first-order valence-corrected chi connectivity index (χ1v) is 5.60. The van der Waals surface area contributed by atoms with Gasteiger partial charge < -0.3 is 10.0 Å². The van der Waals surface area contributed by atoms with Gasteiger partial charge >= 0.3 is 0 Å². The van der Waals surface area contributed by atoms with Crippen molar-refractivity contribution in [2.45, 2.75) is 25.4 Å². The minimum atomic E-state index is -0.352. The number of aliphatic hydroxyl groups is 1. The van der Waals surface area contributed by atoms with Crippen molar-refractivity contribution in [2.75, 3.05) is 13.1 Å². The third-order valence-corrected chi connectivity index (χ3v) is 2.85. The minimum absolute atomic E-state index is 0.0879. The van der Waals surface area contributed by atoms with Crippen LogP contribution in [0.3, 0.4) is 0 Å². The number of amides is 1. The Morgan fingerprint density at radius 1 is 1.50 bits per heavy atom. The van der Waals surface area contributed by atoms with Gasteiger partial charge in [-0.05, 0) is 30.5 Å². The smallest absolute Gasteiger partial charge is 0.227 e. The van der Waals surface area contributed by atoms with Gasteiger partial charge in [-0.3, -0.25) is 9.78 Å². The first-order valence-electron chi connectivity index (χ1n) is 5.60. The molecule has 1 aromatic rings. The lowest BCUT2D eigenvalue weighted by Gasteiger charge is -2.30. The summed E-state index contributed by atoms with van der Waals surface area (Å²) in [6.45, 7) is 1.24. The van der Waals surface area contributed by atoms with Crippen LogP contribution in [0.1, 0.15) is 18.4 Å². The van der Waals surface area contributed by atoms with Crippen LogP contribution in [0.5, 0.6) is 0 Å². The van der Waals surface area contributed by atoms with Gasteiger partial charge in [0, 0.05) is 25.5 Å². The quantitative estimate of drug-likeness (QED) is 0.794. The lowest BCUT2D eigenvalue weighted by molar-refractivity contribution is -0.133. The molecule has 1 saturated heterocycles. The topological polar surface area (TPSA) is 53.4 Å². The van der Waals surface area contributed by atoms with Crippen molar-refractivity contribution in [3.05, 3.63) is 30.1 Å². The number of piperidine rings is 1. The van der Waals surface area contributed by atoms with Crippen molar-refractivity contribution >= 4 is 5.91 Å². The Morgan fingerprint density at radius 3 is 2.94 bits per heavy atom. The number of nitrogens with zero attached hydrogens (tertiary/aromatic N) is 2. The molecular formula is C12H16N2O2. The molecule has 0 aromatic carbocycles. The highest BCUT2D eigenvalue weighted by molar-refractivity contribution is 5.78. The Labute approximate surface area is 94.9 Å². The molecule has 4 heteroatoms. The molecule has 1 fully saturated rings. The number of likely N-dealkylation sites (tertiary alicyclic amines) is 1. The van der Waals surface area contributed by atoms with Gasteiger partial charge in [-0.25, -0.2) is 0 Å². The van der Waals surface area contributed by atoms with E-state index in [0.717, 1.165) is 24.9 Å². The molecule has 0 bridgehead atoms. The summed E-state index contributed by atoms with van der Waals surface area (Å²) in [5.41, 5.74) is 0.972. The zero-order valence-corrected chi connectivity index (χ0v) is 9.17. The molecule has 16 heavy (non-hydrogen) atoms. The van der Waals surface area contributed by atoms with Gasteiger partial charge in [0.25, 0.3) is 0 Å². The zero-order valence-electron chi connectivity index (χ0n) is 9.17. The summed E-state index contributed by atoms with van der Waals surface area (Å²) in [4.78, 5) is 17.6. The number of aliphatic hydroxyl groups excluding tert-OH is 1. The summed E-state index contributed by atoms with van der Waals surface area (Å²) < 4.78 is 0. The number of hydrogen-bond acceptors (Lipinski definition) is 3. The molecule has 2 rings (SSSR count). The number of pyridine rings is 1. The molecule has 0 saturated carbocycles. The predicted octanol–water partition coefficient (Wildman–Crippen LogP) is 0.607. The van der Waals surface area contributed by atoms with Crippen LogP contribution in [0.4, 0.5) is 0 Å². The summed E-state index contributed by atoms with van der Waals surface area (Å²) in [5.74, 6) is 0.0879. The van der Waals surface area contributed by atoms with Crippen LogP contribution >= 0.6 is 0 Å². The highest BCUT2D eigenvalue weighted by Crippen LogP contribution is 2.11. The summed E-state index contributed by atoms with van der Waals surface area (Å²) >= 11 is 0. The normalized spacial score (nSPS) is 20.8. The summed E-state index contributed by atoms with van der Waals surface area (Å²) in [6.07, 6.45) is 5.12. The van der Waals surface area contributed by atoms with Crippen LogP contribution < -0.4 is 0 Å². The van der Waals surface area contributed by atoms with Crippen LogP contribution in [0, 0.1) is 0 Å². The van der Waals surface area contributed by atoms with Crippen LogP contribution in [0.2, 0.25) is 0 Å². The van der Waals surface area contributed by atoms with Crippen molar-refractivity contribution < 1.29 is 9.90 Å². The van der Waals surface area contributed by atoms with Gasteiger partial charge in [0.05, 0.1) is 12.5 Å². The van der Waals surface area contributed by atoms with Gasteiger partial charge in [0.2, 0.25) is 5.91 Å². The van der Waals surface area contributed by atoms with Gasteiger partial charge in [0.1, 0.15) is 0 Å². The van der Waals surface area contributed by atoms with Crippen molar-refractivity contribution in [1.82, 2.24) is 9.88 Å². The Balaban J connectivity index is 1.93. The summed E-state index contributed by atoms with van der Waals surface area (Å²) in [6, 6.07) is 3.69. The molecule has 86 valence electrons. The number of rotatable bonds is 2. The molecule has 1 N–H and O–H groups in total. The Hall–Kier alpha value is -1.42. The third-order valence-electron chi connectivity index (χ3n) is 2.85. The summed E-state index contributed by atoms with van der Waals surface area (Å²) in [5, 5.41) is 9.49. The summed E-state index contributed by atoms with van der Waals surface area (Å²) in [7, 11) is 0. The molecule has 1 aliphatic heterocycles. The minimum Gasteiger partial charge on any atom is -0.391 e. The Morgan fingerprint density at radius 2 is 2.25 bits per heavy atom. The largest absolute Gasteiger partial charge is 0.391 e. The molecule has 4 nitrogen and oxygen atoms in total. The van der Waals surface area contributed by atoms with E-state index in [1.165, 1.54) is 0 Å². The molecule has 0 spiro atoms. The van der Waals surface area contributed by atoms with E-state index in [-0.39, 0.29) is 12.0 Å². The lowest BCUT2D eigenvalue weighted by Crippen LogP contribution is -2.42. The van der Waals surface area contributed by atoms with E-state index in [1.54, 1.807) is 17.3 Å². The average Bonchev–Trinajstić information content (AvgIpc) is 2.30. The third kappa shape index (κ3) is 2.79. The van der Waals surface area contributed by atoms with Gasteiger partial charge in [-0.1, -0.05) is 0 Å². The first kappa shape index (κ1) is 11.1. The van der Waals surface area contributed by atoms with Crippen molar-refractivity contribution in [3.8, 4) is 0 Å². The zero-order chi connectivity index (χ0) is 11.4. The molecule has 1 amide bonds. The second kappa shape index (κ2) is 5.07. The number of carbonyl (C=O) groups is 1. The maximum absolute atomic E-state index is 11.9. The molecule has 0 radical (unpaired) electrons. The maximum atomic E-state index is 11.9. The molecule has 2 heterocycles. The fourth-order valence-electron chi connectivity index (χ4n) is 1.97. The fraction of sp³-hybridized carbons (Fsp3) is 0.500. The van der Waals surface area contributed by atoms with E-state index in [2.05, 4.69) is 4.98 Å². The number of hydrogen-bond donors (Lipinski definition) is 1. The highest BCUT2D eigenvalue weighted by Gasteiger charge is 2.21. The van der Waals surface area contributed by atoms with Crippen LogP contribution in [0.15, 0.2) is 24.5 Å².